The summed E-state index contributed by atoms with van der Waals surface area (Å²) in [7, 11) is -1.46. The first kappa shape index (κ1) is 14.3. The van der Waals surface area contributed by atoms with E-state index >= 15 is 0 Å². The summed E-state index contributed by atoms with van der Waals surface area (Å²) < 4.78 is 1.95. The Labute approximate surface area is 127 Å². The van der Waals surface area contributed by atoms with Crippen molar-refractivity contribution in [3.8, 4) is 0 Å². The molecule has 0 aliphatic rings. The maximum absolute atomic E-state index is 11.2. The molecule has 2 aromatic carbocycles. The molecule has 0 saturated carbocycles. The third-order valence-electron chi connectivity index (χ3n) is 3.54. The molecule has 1 amide bonds. The van der Waals surface area contributed by atoms with Crippen molar-refractivity contribution < 1.29 is 14.8 Å². The lowest BCUT2D eigenvalue weighted by atomic mass is 9.80. The van der Waals surface area contributed by atoms with Crippen LogP contribution in [-0.2, 0) is 6.54 Å². The topological polar surface area (TPSA) is 101 Å². The number of hydrogen-bond acceptors (Lipinski definition) is 4. The van der Waals surface area contributed by atoms with E-state index in [1.165, 1.54) is 0 Å². The molecule has 22 heavy (non-hydrogen) atoms. The highest BCUT2D eigenvalue weighted by molar-refractivity contribution is 6.58. The summed E-state index contributed by atoms with van der Waals surface area (Å²) in [4.78, 5) is 15.5. The maximum atomic E-state index is 11.2. The molecule has 0 bridgehead atoms. The number of fused-ring (bicyclic) bond motifs is 1. The zero-order valence-electron chi connectivity index (χ0n) is 11.7. The summed E-state index contributed by atoms with van der Waals surface area (Å²) in [5.74, 6) is -0.477. The number of carbonyl (C=O) groups excluding carboxylic acids is 1. The average Bonchev–Trinajstić information content (AvgIpc) is 2.90. The van der Waals surface area contributed by atoms with Gasteiger partial charge in [-0.05, 0) is 29.2 Å². The number of nitrogens with zero attached hydrogens (tertiary/aromatic N) is 2. The van der Waals surface area contributed by atoms with Gasteiger partial charge in [-0.25, -0.2) is 4.98 Å². The second kappa shape index (κ2) is 5.63. The van der Waals surface area contributed by atoms with Crippen molar-refractivity contribution in [1.29, 1.82) is 0 Å². The van der Waals surface area contributed by atoms with E-state index in [9.17, 15) is 4.79 Å². The lowest BCUT2D eigenvalue weighted by Gasteiger charge is -2.06. The zero-order chi connectivity index (χ0) is 15.7. The summed E-state index contributed by atoms with van der Waals surface area (Å²) >= 11 is 0. The maximum Gasteiger partial charge on any atom is 0.488 e. The molecule has 3 rings (SSSR count). The minimum absolute atomic E-state index is 0.430. The van der Waals surface area contributed by atoms with Crippen molar-refractivity contribution in [3.63, 3.8) is 0 Å². The number of benzene rings is 2. The van der Waals surface area contributed by atoms with E-state index in [1.54, 1.807) is 30.6 Å². The Kier molecular flexibility index (Phi) is 3.66. The standard InChI is InChI=1S/C15H14BN3O3/c17-15(20)11-3-6-14-13(7-11)18-9-19(14)8-10-1-4-12(5-2-10)16(21)22/h1-7,9,21-22H,8H2,(H2,17,20). The van der Waals surface area contributed by atoms with Crippen LogP contribution in [0.5, 0.6) is 0 Å². The van der Waals surface area contributed by atoms with E-state index in [1.807, 2.05) is 22.8 Å². The quantitative estimate of drug-likeness (QED) is 0.583. The lowest BCUT2D eigenvalue weighted by Crippen LogP contribution is -2.29. The number of imidazole rings is 1. The van der Waals surface area contributed by atoms with Gasteiger partial charge < -0.3 is 20.3 Å². The Balaban J connectivity index is 1.89. The van der Waals surface area contributed by atoms with E-state index in [2.05, 4.69) is 4.98 Å². The number of carbonyl (C=O) groups is 1. The normalized spacial score (nSPS) is 10.8. The second-order valence-corrected chi connectivity index (χ2v) is 5.06. The Morgan fingerprint density at radius 1 is 1.18 bits per heavy atom. The number of primary amides is 1. The molecule has 0 fully saturated rings. The highest BCUT2D eigenvalue weighted by Crippen LogP contribution is 2.16. The smallest absolute Gasteiger partial charge is 0.423 e. The largest absolute Gasteiger partial charge is 0.488 e. The summed E-state index contributed by atoms with van der Waals surface area (Å²) in [5.41, 5.74) is 8.75. The Morgan fingerprint density at radius 2 is 1.91 bits per heavy atom. The molecule has 110 valence electrons. The van der Waals surface area contributed by atoms with Crippen molar-refractivity contribution in [2.45, 2.75) is 6.54 Å². The molecule has 0 aliphatic heterocycles. The fourth-order valence-electron chi connectivity index (χ4n) is 2.33. The third-order valence-corrected chi connectivity index (χ3v) is 3.54. The van der Waals surface area contributed by atoms with Crippen LogP contribution in [0.15, 0.2) is 48.8 Å². The molecule has 0 unspecified atom stereocenters. The van der Waals surface area contributed by atoms with Crippen LogP contribution < -0.4 is 11.2 Å². The molecule has 7 heteroatoms. The van der Waals surface area contributed by atoms with Gasteiger partial charge in [0.1, 0.15) is 0 Å². The molecule has 0 spiro atoms. The van der Waals surface area contributed by atoms with Crippen molar-refractivity contribution >= 4 is 29.5 Å². The predicted octanol–water partition coefficient (Wildman–Crippen LogP) is -0.137. The van der Waals surface area contributed by atoms with Crippen LogP contribution in [-0.4, -0.2) is 32.6 Å². The monoisotopic (exact) mass is 295 g/mol. The van der Waals surface area contributed by atoms with Crippen LogP contribution in [0.25, 0.3) is 11.0 Å². The van der Waals surface area contributed by atoms with E-state index < -0.39 is 13.0 Å². The van der Waals surface area contributed by atoms with Gasteiger partial charge in [-0.1, -0.05) is 24.3 Å². The van der Waals surface area contributed by atoms with Crippen molar-refractivity contribution in [2.75, 3.05) is 0 Å². The Hall–Kier alpha value is -2.64. The molecular weight excluding hydrogens is 281 g/mol. The van der Waals surface area contributed by atoms with Gasteiger partial charge in [0.05, 0.1) is 17.4 Å². The van der Waals surface area contributed by atoms with Crippen LogP contribution in [0.1, 0.15) is 15.9 Å². The lowest BCUT2D eigenvalue weighted by molar-refractivity contribution is 0.100. The van der Waals surface area contributed by atoms with E-state index in [4.69, 9.17) is 15.8 Å². The second-order valence-electron chi connectivity index (χ2n) is 5.06. The summed E-state index contributed by atoms with van der Waals surface area (Å²) in [6.45, 7) is 0.591. The average molecular weight is 295 g/mol. The first-order valence-corrected chi connectivity index (χ1v) is 6.74. The number of amides is 1. The van der Waals surface area contributed by atoms with Crippen molar-refractivity contribution in [1.82, 2.24) is 9.55 Å². The van der Waals surface area contributed by atoms with Gasteiger partial charge in [0.2, 0.25) is 5.91 Å². The molecule has 0 atom stereocenters. The van der Waals surface area contributed by atoms with E-state index in [0.29, 0.717) is 23.1 Å². The van der Waals surface area contributed by atoms with Crippen LogP contribution >= 0.6 is 0 Å². The van der Waals surface area contributed by atoms with Crippen LogP contribution in [0.3, 0.4) is 0 Å². The first-order chi connectivity index (χ1) is 10.5. The highest BCUT2D eigenvalue weighted by Gasteiger charge is 2.10. The number of rotatable bonds is 4. The highest BCUT2D eigenvalue weighted by atomic mass is 16.4. The molecule has 0 aliphatic carbocycles. The SMILES string of the molecule is NC(=O)c1ccc2c(c1)ncn2Cc1ccc(B(O)O)cc1. The molecule has 3 aromatic rings. The summed E-state index contributed by atoms with van der Waals surface area (Å²) in [6.07, 6.45) is 1.70. The van der Waals surface area contributed by atoms with Gasteiger partial charge >= 0.3 is 7.12 Å². The molecule has 1 heterocycles. The number of hydrogen-bond donors (Lipinski definition) is 3. The molecule has 0 saturated heterocycles. The number of aromatic nitrogens is 2. The molecule has 1 aromatic heterocycles. The van der Waals surface area contributed by atoms with Gasteiger partial charge in [-0.15, -0.1) is 0 Å². The van der Waals surface area contributed by atoms with Crippen LogP contribution in [0.2, 0.25) is 0 Å². The third kappa shape index (κ3) is 2.72. The fourth-order valence-corrected chi connectivity index (χ4v) is 2.33. The Morgan fingerprint density at radius 3 is 2.55 bits per heavy atom. The van der Waals surface area contributed by atoms with Gasteiger partial charge in [0.15, 0.2) is 0 Å². The van der Waals surface area contributed by atoms with Gasteiger partial charge in [-0.2, -0.15) is 0 Å². The molecule has 6 nitrogen and oxygen atoms in total. The van der Waals surface area contributed by atoms with E-state index in [-0.39, 0.29) is 0 Å². The molecular formula is C15H14BN3O3. The fraction of sp³-hybridized carbons (Fsp3) is 0.0667. The summed E-state index contributed by atoms with van der Waals surface area (Å²) in [5, 5.41) is 18.2. The minimum Gasteiger partial charge on any atom is -0.423 e. The Bertz CT molecular complexity index is 828. The van der Waals surface area contributed by atoms with Crippen molar-refractivity contribution in [2.24, 2.45) is 5.73 Å². The van der Waals surface area contributed by atoms with Crippen LogP contribution in [0.4, 0.5) is 0 Å². The van der Waals surface area contributed by atoms with Crippen molar-refractivity contribution in [3.05, 3.63) is 59.9 Å². The van der Waals surface area contributed by atoms with Crippen LogP contribution in [0, 0.1) is 0 Å². The summed E-state index contributed by atoms with van der Waals surface area (Å²) in [6, 6.07) is 12.2. The molecule has 0 radical (unpaired) electrons. The van der Waals surface area contributed by atoms with Gasteiger partial charge in [0, 0.05) is 12.1 Å². The van der Waals surface area contributed by atoms with E-state index in [0.717, 1.165) is 11.1 Å². The van der Waals surface area contributed by atoms with Gasteiger partial charge in [-0.3, -0.25) is 4.79 Å². The van der Waals surface area contributed by atoms with Gasteiger partial charge in [0.25, 0.3) is 0 Å². The zero-order valence-corrected chi connectivity index (χ0v) is 11.7. The number of nitrogens with two attached hydrogens (primary N) is 1. The minimum atomic E-state index is -1.46. The predicted molar refractivity (Wildman–Crippen MR) is 83.6 cm³/mol. The molecule has 4 N–H and O–H groups in total. The first-order valence-electron chi connectivity index (χ1n) is 6.74.